The van der Waals surface area contributed by atoms with Gasteiger partial charge in [0.05, 0.1) is 6.61 Å². The number of rotatable bonds is 5. The molecule has 0 bridgehead atoms. The lowest BCUT2D eigenvalue weighted by Crippen LogP contribution is -1.97. The van der Waals surface area contributed by atoms with E-state index in [1.807, 2.05) is 19.9 Å². The van der Waals surface area contributed by atoms with Crippen molar-refractivity contribution in [3.63, 3.8) is 0 Å². The molecule has 1 aromatic carbocycles. The highest BCUT2D eigenvalue weighted by Gasteiger charge is 2.04. The van der Waals surface area contributed by atoms with Gasteiger partial charge in [-0.05, 0) is 31.2 Å². The van der Waals surface area contributed by atoms with Gasteiger partial charge in [0.2, 0.25) is 0 Å². The Labute approximate surface area is 83.2 Å². The molecule has 4 heteroatoms. The highest BCUT2D eigenvalue weighted by Crippen LogP contribution is 2.30. The Hall–Kier alpha value is -1.58. The second kappa shape index (κ2) is 5.21. The van der Waals surface area contributed by atoms with Crippen molar-refractivity contribution < 1.29 is 4.74 Å². The molecule has 0 aliphatic heterocycles. The van der Waals surface area contributed by atoms with E-state index in [1.165, 1.54) is 0 Å². The summed E-state index contributed by atoms with van der Waals surface area (Å²) in [5.74, 6) is 0.529. The van der Waals surface area contributed by atoms with Crippen molar-refractivity contribution >= 4 is 11.4 Å². The molecule has 0 heterocycles. The van der Waals surface area contributed by atoms with Gasteiger partial charge in [-0.2, -0.15) is 0 Å². The average molecular weight is 194 g/mol. The molecule has 0 unspecified atom stereocenters. The molecule has 0 amide bonds. The Morgan fingerprint density at radius 1 is 1.43 bits per heavy atom. The number of nitroso groups, excluding NO2 is 1. The molecule has 1 N–H and O–H groups in total. The van der Waals surface area contributed by atoms with Crippen LogP contribution in [0.2, 0.25) is 0 Å². The zero-order chi connectivity index (χ0) is 10.4. The average Bonchev–Trinajstić information content (AvgIpc) is 2.19. The number of hydrogen-bond donors (Lipinski definition) is 1. The van der Waals surface area contributed by atoms with Crippen LogP contribution < -0.4 is 10.1 Å². The molecule has 0 fully saturated rings. The Kier molecular flexibility index (Phi) is 3.91. The fourth-order valence-corrected chi connectivity index (χ4v) is 1.17. The molecule has 0 aliphatic rings. The Morgan fingerprint density at radius 3 is 2.79 bits per heavy atom. The van der Waals surface area contributed by atoms with Crippen molar-refractivity contribution in [1.29, 1.82) is 0 Å². The maximum Gasteiger partial charge on any atom is 0.150 e. The molecule has 14 heavy (non-hydrogen) atoms. The number of anilines is 1. The monoisotopic (exact) mass is 194 g/mol. The molecule has 0 aliphatic carbocycles. The molecule has 0 aromatic heterocycles. The van der Waals surface area contributed by atoms with Gasteiger partial charge < -0.3 is 10.1 Å². The Balaban J connectivity index is 2.94. The fourth-order valence-electron chi connectivity index (χ4n) is 1.17. The highest BCUT2D eigenvalue weighted by atomic mass is 16.5. The van der Waals surface area contributed by atoms with Crippen molar-refractivity contribution in [2.45, 2.75) is 13.8 Å². The van der Waals surface area contributed by atoms with E-state index < -0.39 is 0 Å². The normalized spacial score (nSPS) is 9.57. The minimum atomic E-state index is 0.341. The second-order valence-corrected chi connectivity index (χ2v) is 2.74. The molecular weight excluding hydrogens is 180 g/mol. The first-order valence-corrected chi connectivity index (χ1v) is 4.65. The third kappa shape index (κ3) is 2.45. The summed E-state index contributed by atoms with van der Waals surface area (Å²) >= 11 is 0. The number of hydrogen-bond acceptors (Lipinski definition) is 4. The lowest BCUT2D eigenvalue weighted by molar-refractivity contribution is 0.341. The molecule has 0 radical (unpaired) electrons. The summed E-state index contributed by atoms with van der Waals surface area (Å²) < 4.78 is 5.28. The molecule has 0 spiro atoms. The molecule has 0 atom stereocenters. The van der Waals surface area contributed by atoms with E-state index in [1.54, 1.807) is 12.1 Å². The SMILES string of the molecule is CCNc1ccc(N=O)c(OCC)c1. The lowest BCUT2D eigenvalue weighted by atomic mass is 10.2. The van der Waals surface area contributed by atoms with Gasteiger partial charge in [-0.3, -0.25) is 0 Å². The van der Waals surface area contributed by atoms with Gasteiger partial charge in [0.25, 0.3) is 0 Å². The van der Waals surface area contributed by atoms with Gasteiger partial charge >= 0.3 is 0 Å². The molecule has 0 saturated heterocycles. The zero-order valence-electron chi connectivity index (χ0n) is 8.41. The Bertz CT molecular complexity index is 313. The van der Waals surface area contributed by atoms with E-state index in [0.717, 1.165) is 12.2 Å². The standard InChI is InChI=1S/C10H14N2O2/c1-3-11-8-5-6-9(12-13)10(7-8)14-4-2/h5-7,11H,3-4H2,1-2H3. The van der Waals surface area contributed by atoms with Gasteiger partial charge in [-0.15, -0.1) is 4.91 Å². The van der Waals surface area contributed by atoms with E-state index in [4.69, 9.17) is 4.74 Å². The maximum absolute atomic E-state index is 10.4. The first-order chi connectivity index (χ1) is 6.81. The largest absolute Gasteiger partial charge is 0.491 e. The van der Waals surface area contributed by atoms with Gasteiger partial charge in [0.1, 0.15) is 5.69 Å². The molecule has 1 rings (SSSR count). The summed E-state index contributed by atoms with van der Waals surface area (Å²) in [5, 5.41) is 6.02. The van der Waals surface area contributed by atoms with Crippen LogP contribution in [-0.4, -0.2) is 13.2 Å². The van der Waals surface area contributed by atoms with Crippen LogP contribution in [0.5, 0.6) is 5.75 Å². The van der Waals surface area contributed by atoms with Crippen molar-refractivity contribution in [2.75, 3.05) is 18.5 Å². The van der Waals surface area contributed by atoms with Crippen LogP contribution in [0.1, 0.15) is 13.8 Å². The van der Waals surface area contributed by atoms with Crippen LogP contribution in [0, 0.1) is 4.91 Å². The van der Waals surface area contributed by atoms with Crippen LogP contribution in [0.15, 0.2) is 23.4 Å². The van der Waals surface area contributed by atoms with Crippen molar-refractivity contribution in [2.24, 2.45) is 5.18 Å². The fraction of sp³-hybridized carbons (Fsp3) is 0.400. The summed E-state index contributed by atoms with van der Waals surface area (Å²) in [5.41, 5.74) is 1.27. The number of ether oxygens (including phenoxy) is 1. The minimum absolute atomic E-state index is 0.341. The minimum Gasteiger partial charge on any atom is -0.491 e. The number of benzene rings is 1. The van der Waals surface area contributed by atoms with Crippen LogP contribution in [0.25, 0.3) is 0 Å². The van der Waals surface area contributed by atoms with Crippen LogP contribution in [0.4, 0.5) is 11.4 Å². The molecule has 0 saturated carbocycles. The summed E-state index contributed by atoms with van der Waals surface area (Å²) in [6.45, 7) is 5.23. The van der Waals surface area contributed by atoms with E-state index in [0.29, 0.717) is 18.0 Å². The molecular formula is C10H14N2O2. The third-order valence-corrected chi connectivity index (χ3v) is 1.74. The number of nitrogens with zero attached hydrogens (tertiary/aromatic N) is 1. The summed E-state index contributed by atoms with van der Waals surface area (Å²) in [4.78, 5) is 10.4. The second-order valence-electron chi connectivity index (χ2n) is 2.74. The highest BCUT2D eigenvalue weighted by molar-refractivity contribution is 5.60. The van der Waals surface area contributed by atoms with E-state index in [-0.39, 0.29) is 0 Å². The smallest absolute Gasteiger partial charge is 0.150 e. The summed E-state index contributed by atoms with van der Waals surface area (Å²) in [7, 11) is 0. The third-order valence-electron chi connectivity index (χ3n) is 1.74. The summed E-state index contributed by atoms with van der Waals surface area (Å²) in [6, 6.07) is 5.24. The quantitative estimate of drug-likeness (QED) is 0.733. The van der Waals surface area contributed by atoms with E-state index in [9.17, 15) is 4.91 Å². The van der Waals surface area contributed by atoms with Crippen LogP contribution in [0.3, 0.4) is 0 Å². The van der Waals surface area contributed by atoms with Crippen LogP contribution in [-0.2, 0) is 0 Å². The first kappa shape index (κ1) is 10.5. The predicted molar refractivity (Wildman–Crippen MR) is 57.2 cm³/mol. The van der Waals surface area contributed by atoms with Gasteiger partial charge in [0.15, 0.2) is 5.75 Å². The van der Waals surface area contributed by atoms with Crippen molar-refractivity contribution in [3.8, 4) is 5.75 Å². The Morgan fingerprint density at radius 2 is 2.21 bits per heavy atom. The maximum atomic E-state index is 10.4. The van der Waals surface area contributed by atoms with Gasteiger partial charge in [-0.1, -0.05) is 0 Å². The molecule has 76 valence electrons. The number of nitrogens with one attached hydrogen (secondary N) is 1. The molecule has 1 aromatic rings. The zero-order valence-corrected chi connectivity index (χ0v) is 8.41. The van der Waals surface area contributed by atoms with Gasteiger partial charge in [0, 0.05) is 18.3 Å². The summed E-state index contributed by atoms with van der Waals surface area (Å²) in [6.07, 6.45) is 0. The van der Waals surface area contributed by atoms with Crippen molar-refractivity contribution in [1.82, 2.24) is 0 Å². The lowest BCUT2D eigenvalue weighted by Gasteiger charge is -2.08. The first-order valence-electron chi connectivity index (χ1n) is 4.65. The topological polar surface area (TPSA) is 50.7 Å². The molecule has 4 nitrogen and oxygen atoms in total. The predicted octanol–water partition coefficient (Wildman–Crippen LogP) is 2.92. The van der Waals surface area contributed by atoms with Crippen molar-refractivity contribution in [3.05, 3.63) is 23.1 Å². The van der Waals surface area contributed by atoms with Gasteiger partial charge in [-0.25, -0.2) is 0 Å². The van der Waals surface area contributed by atoms with E-state index in [2.05, 4.69) is 10.5 Å². The van der Waals surface area contributed by atoms with E-state index >= 15 is 0 Å². The van der Waals surface area contributed by atoms with Crippen LogP contribution >= 0.6 is 0 Å².